The monoisotopic (exact) mass is 355 g/mol. The van der Waals surface area contributed by atoms with E-state index in [0.717, 1.165) is 5.56 Å². The molecule has 7 nitrogen and oxygen atoms in total. The summed E-state index contributed by atoms with van der Waals surface area (Å²) in [7, 11) is 0. The summed E-state index contributed by atoms with van der Waals surface area (Å²) in [5.74, 6) is 0.612. The van der Waals surface area contributed by atoms with Crippen molar-refractivity contribution in [1.29, 1.82) is 0 Å². The van der Waals surface area contributed by atoms with Crippen LogP contribution in [0.3, 0.4) is 0 Å². The molecule has 3 N–H and O–H groups in total. The van der Waals surface area contributed by atoms with Gasteiger partial charge in [0.1, 0.15) is 5.69 Å². The van der Waals surface area contributed by atoms with Crippen LogP contribution in [-0.4, -0.2) is 22.0 Å². The first-order chi connectivity index (χ1) is 12.2. The van der Waals surface area contributed by atoms with Gasteiger partial charge in [0.05, 0.1) is 18.5 Å². The van der Waals surface area contributed by atoms with Crippen molar-refractivity contribution in [3.63, 3.8) is 0 Å². The minimum atomic E-state index is -0.212. The third kappa shape index (κ3) is 3.19. The fraction of sp³-hybridized carbons (Fsp3) is 0.235. The molecule has 1 fully saturated rings. The highest BCUT2D eigenvalue weighted by Crippen LogP contribution is 2.27. The maximum Gasteiger partial charge on any atom is 0.272 e. The van der Waals surface area contributed by atoms with E-state index in [2.05, 4.69) is 33.1 Å². The number of rotatable bonds is 4. The van der Waals surface area contributed by atoms with Gasteiger partial charge < -0.3 is 9.73 Å². The molecule has 0 aromatic carbocycles. The maximum atomic E-state index is 12.5. The van der Waals surface area contributed by atoms with E-state index in [0.29, 0.717) is 16.5 Å². The van der Waals surface area contributed by atoms with E-state index in [4.69, 9.17) is 4.42 Å². The summed E-state index contributed by atoms with van der Waals surface area (Å²) in [6, 6.07) is 7.66. The fourth-order valence-electron chi connectivity index (χ4n) is 2.87. The van der Waals surface area contributed by atoms with Crippen molar-refractivity contribution >= 4 is 17.2 Å². The summed E-state index contributed by atoms with van der Waals surface area (Å²) >= 11 is 1.38. The molecule has 0 radical (unpaired) electrons. The van der Waals surface area contributed by atoms with E-state index in [-0.39, 0.29) is 24.0 Å². The van der Waals surface area contributed by atoms with Crippen LogP contribution in [-0.2, 0) is 0 Å². The van der Waals surface area contributed by atoms with Crippen molar-refractivity contribution in [1.82, 2.24) is 26.1 Å². The predicted molar refractivity (Wildman–Crippen MR) is 93.5 cm³/mol. The molecule has 128 valence electrons. The van der Waals surface area contributed by atoms with Crippen LogP contribution in [0.1, 0.15) is 29.0 Å². The van der Waals surface area contributed by atoms with Crippen LogP contribution in [0, 0.1) is 5.92 Å². The van der Waals surface area contributed by atoms with E-state index in [1.807, 2.05) is 18.2 Å². The molecule has 8 heteroatoms. The largest absolute Gasteiger partial charge is 0.462 e. The third-order valence-electron chi connectivity index (χ3n) is 4.27. The molecule has 0 bridgehead atoms. The maximum absolute atomic E-state index is 12.5. The number of amides is 1. The highest BCUT2D eigenvalue weighted by atomic mass is 32.1. The molecular formula is C17H17N5O2S. The molecule has 1 aliphatic rings. The molecule has 0 saturated carbocycles. The first-order valence-electron chi connectivity index (χ1n) is 7.93. The van der Waals surface area contributed by atoms with Gasteiger partial charge in [-0.1, -0.05) is 6.92 Å². The quantitative estimate of drug-likeness (QED) is 0.665. The molecule has 1 saturated heterocycles. The van der Waals surface area contributed by atoms with Gasteiger partial charge in [0.25, 0.3) is 5.91 Å². The number of pyridine rings is 1. The number of nitrogens with one attached hydrogen (secondary N) is 3. The normalized spacial score (nSPS) is 22.8. The summed E-state index contributed by atoms with van der Waals surface area (Å²) in [5, 5.41) is 5.42. The predicted octanol–water partition coefficient (Wildman–Crippen LogP) is 2.34. The van der Waals surface area contributed by atoms with Crippen molar-refractivity contribution in [3.8, 4) is 10.8 Å². The van der Waals surface area contributed by atoms with Crippen LogP contribution in [0.5, 0.6) is 0 Å². The summed E-state index contributed by atoms with van der Waals surface area (Å²) in [4.78, 5) is 20.9. The Morgan fingerprint density at radius 1 is 1.28 bits per heavy atom. The number of carbonyl (C=O) groups is 1. The van der Waals surface area contributed by atoms with Gasteiger partial charge in [-0.25, -0.2) is 15.8 Å². The molecule has 0 spiro atoms. The van der Waals surface area contributed by atoms with Gasteiger partial charge in [-0.15, -0.1) is 11.3 Å². The lowest BCUT2D eigenvalue weighted by molar-refractivity contribution is 0.0918. The first kappa shape index (κ1) is 15.9. The van der Waals surface area contributed by atoms with Gasteiger partial charge in [0, 0.05) is 23.7 Å². The molecule has 3 unspecified atom stereocenters. The summed E-state index contributed by atoms with van der Waals surface area (Å²) < 4.78 is 5.31. The number of thiazole rings is 1. The smallest absolute Gasteiger partial charge is 0.272 e. The minimum absolute atomic E-state index is 0.0995. The average molecular weight is 355 g/mol. The Labute approximate surface area is 148 Å². The lowest BCUT2D eigenvalue weighted by Gasteiger charge is -2.19. The summed E-state index contributed by atoms with van der Waals surface area (Å²) in [5.41, 5.74) is 7.89. The second-order valence-electron chi connectivity index (χ2n) is 5.87. The standard InChI is InChI=1S/C17H17N5O2S/c1-10-14(11-4-6-18-7-5-11)21-22-15(10)20-16(23)12-9-25-17(19-12)13-3-2-8-24-13/h2-10,14-15,21-22H,1H3,(H,20,23). The van der Waals surface area contributed by atoms with E-state index in [1.165, 1.54) is 11.3 Å². The van der Waals surface area contributed by atoms with Crippen molar-refractivity contribution in [2.75, 3.05) is 0 Å². The average Bonchev–Trinajstić information content (AvgIpc) is 3.37. The Morgan fingerprint density at radius 2 is 2.12 bits per heavy atom. The first-order valence-corrected chi connectivity index (χ1v) is 8.81. The number of nitrogens with zero attached hydrogens (tertiary/aromatic N) is 2. The Morgan fingerprint density at radius 3 is 2.88 bits per heavy atom. The van der Waals surface area contributed by atoms with Crippen LogP contribution in [0.2, 0.25) is 0 Å². The topological polar surface area (TPSA) is 92.1 Å². The van der Waals surface area contributed by atoms with Crippen LogP contribution < -0.4 is 16.2 Å². The van der Waals surface area contributed by atoms with Crippen LogP contribution in [0.4, 0.5) is 0 Å². The Hall–Kier alpha value is -2.55. The Balaban J connectivity index is 1.43. The number of hydrogen-bond donors (Lipinski definition) is 3. The highest BCUT2D eigenvalue weighted by molar-refractivity contribution is 7.13. The molecule has 25 heavy (non-hydrogen) atoms. The zero-order valence-electron chi connectivity index (χ0n) is 13.5. The number of aromatic nitrogens is 2. The fourth-order valence-corrected chi connectivity index (χ4v) is 3.63. The Bertz CT molecular complexity index is 849. The van der Waals surface area contributed by atoms with Gasteiger partial charge >= 0.3 is 0 Å². The van der Waals surface area contributed by atoms with E-state index < -0.39 is 0 Å². The highest BCUT2D eigenvalue weighted by Gasteiger charge is 2.34. The zero-order valence-corrected chi connectivity index (χ0v) is 14.3. The number of hydrazine groups is 1. The molecule has 3 aromatic heterocycles. The van der Waals surface area contributed by atoms with Gasteiger partial charge in [0.2, 0.25) is 0 Å². The zero-order chi connectivity index (χ0) is 17.2. The SMILES string of the molecule is CC1C(NC(=O)c2csc(-c3ccco3)n2)NNC1c1ccncc1. The molecule has 1 amide bonds. The van der Waals surface area contributed by atoms with Crippen LogP contribution in [0.25, 0.3) is 10.8 Å². The molecule has 4 rings (SSSR count). The number of carbonyl (C=O) groups excluding carboxylic acids is 1. The van der Waals surface area contributed by atoms with Crippen molar-refractivity contribution in [2.45, 2.75) is 19.1 Å². The second-order valence-corrected chi connectivity index (χ2v) is 6.73. The summed E-state index contributed by atoms with van der Waals surface area (Å²) in [6.45, 7) is 2.08. The molecule has 4 heterocycles. The van der Waals surface area contributed by atoms with E-state index >= 15 is 0 Å². The molecule has 0 aliphatic carbocycles. The lowest BCUT2D eigenvalue weighted by Crippen LogP contribution is -2.46. The molecular weight excluding hydrogens is 338 g/mol. The minimum Gasteiger partial charge on any atom is -0.462 e. The van der Waals surface area contributed by atoms with Crippen molar-refractivity contribution < 1.29 is 9.21 Å². The van der Waals surface area contributed by atoms with Gasteiger partial charge in [-0.3, -0.25) is 9.78 Å². The lowest BCUT2D eigenvalue weighted by atomic mass is 9.95. The van der Waals surface area contributed by atoms with Gasteiger partial charge in [-0.05, 0) is 29.8 Å². The molecule has 3 atom stereocenters. The number of hydrogen-bond acceptors (Lipinski definition) is 7. The third-order valence-corrected chi connectivity index (χ3v) is 5.12. The number of furan rings is 1. The van der Waals surface area contributed by atoms with Crippen LogP contribution >= 0.6 is 11.3 Å². The second kappa shape index (κ2) is 6.75. The van der Waals surface area contributed by atoms with Gasteiger partial charge in [-0.2, -0.15) is 0 Å². The van der Waals surface area contributed by atoms with Crippen molar-refractivity contribution in [3.05, 3.63) is 59.6 Å². The van der Waals surface area contributed by atoms with E-state index in [9.17, 15) is 4.79 Å². The summed E-state index contributed by atoms with van der Waals surface area (Å²) in [6.07, 6.45) is 4.92. The molecule has 1 aliphatic heterocycles. The van der Waals surface area contributed by atoms with E-state index in [1.54, 1.807) is 30.1 Å². The van der Waals surface area contributed by atoms with Crippen molar-refractivity contribution in [2.24, 2.45) is 5.92 Å². The Kier molecular flexibility index (Phi) is 4.31. The molecule has 3 aromatic rings. The van der Waals surface area contributed by atoms with Crippen LogP contribution in [0.15, 0.2) is 52.7 Å². The van der Waals surface area contributed by atoms with Gasteiger partial charge in [0.15, 0.2) is 10.8 Å².